The first-order valence-electron chi connectivity index (χ1n) is 12.2. The van der Waals surface area contributed by atoms with Gasteiger partial charge < -0.3 is 20.3 Å². The second-order valence-electron chi connectivity index (χ2n) is 9.56. The quantitative estimate of drug-likeness (QED) is 0.237. The van der Waals surface area contributed by atoms with E-state index in [4.69, 9.17) is 9.52 Å². The molecule has 2 heterocycles. The minimum Gasteiger partial charge on any atom is -0.495 e. The fourth-order valence-corrected chi connectivity index (χ4v) is 6.33. The van der Waals surface area contributed by atoms with Gasteiger partial charge in [-0.05, 0) is 48.7 Å². The highest BCUT2D eigenvalue weighted by atomic mass is 32.2. The van der Waals surface area contributed by atoms with Crippen LogP contribution in [-0.4, -0.2) is 67.5 Å². The van der Waals surface area contributed by atoms with Crippen LogP contribution in [-0.2, 0) is 16.1 Å². The number of ether oxygens (including phenoxy) is 1. The van der Waals surface area contributed by atoms with Gasteiger partial charge in [0.25, 0.3) is 0 Å². The summed E-state index contributed by atoms with van der Waals surface area (Å²) < 4.78 is 80.9. The topological polar surface area (TPSA) is 77.4 Å². The van der Waals surface area contributed by atoms with Crippen molar-refractivity contribution in [2.75, 3.05) is 50.7 Å². The Hall–Kier alpha value is -3.01. The first-order chi connectivity index (χ1) is 18.4. The van der Waals surface area contributed by atoms with E-state index in [1.165, 1.54) is 30.8 Å². The van der Waals surface area contributed by atoms with E-state index in [0.29, 0.717) is 49.9 Å². The van der Waals surface area contributed by atoms with E-state index in [1.54, 1.807) is 30.3 Å². The third-order valence-electron chi connectivity index (χ3n) is 6.47. The highest BCUT2D eigenvalue weighted by Crippen LogP contribution is 2.39. The van der Waals surface area contributed by atoms with Crippen LogP contribution in [0.5, 0.6) is 5.75 Å². The Balaban J connectivity index is 1.61. The second-order valence-corrected chi connectivity index (χ2v) is 12.7. The third-order valence-corrected chi connectivity index (χ3v) is 8.82. The molecule has 1 aliphatic rings. The van der Waals surface area contributed by atoms with Gasteiger partial charge in [0, 0.05) is 19.3 Å². The maximum atomic E-state index is 14.7. The fourth-order valence-electron chi connectivity index (χ4n) is 4.50. The van der Waals surface area contributed by atoms with Gasteiger partial charge in [-0.2, -0.15) is 13.2 Å². The molecule has 0 radical (unpaired) electrons. The number of anilines is 2. The Morgan fingerprint density at radius 3 is 2.69 bits per heavy atom. The molecule has 4 rings (SSSR count). The Morgan fingerprint density at radius 2 is 2.03 bits per heavy atom. The van der Waals surface area contributed by atoms with Crippen LogP contribution in [0.4, 0.5) is 28.9 Å². The lowest BCUT2D eigenvalue weighted by molar-refractivity contribution is -0.126. The van der Waals surface area contributed by atoms with E-state index in [-0.39, 0.29) is 12.1 Å². The summed E-state index contributed by atoms with van der Waals surface area (Å²) in [7, 11) is 0.385. The zero-order valence-corrected chi connectivity index (χ0v) is 23.4. The normalized spacial score (nSPS) is 19.7. The van der Waals surface area contributed by atoms with Crippen molar-refractivity contribution in [2.24, 2.45) is 0 Å². The molecule has 3 aromatic rings. The van der Waals surface area contributed by atoms with Crippen LogP contribution in [0.1, 0.15) is 16.9 Å². The largest absolute Gasteiger partial charge is 0.495 e. The summed E-state index contributed by atoms with van der Waals surface area (Å²) in [5.41, 5.74) is 1.27. The fraction of sp³-hybridized carbons (Fsp3) is 0.407. The molecule has 39 heavy (non-hydrogen) atoms. The molecule has 0 aliphatic carbocycles. The predicted molar refractivity (Wildman–Crippen MR) is 149 cm³/mol. The zero-order chi connectivity index (χ0) is 28.4. The van der Waals surface area contributed by atoms with Crippen LogP contribution in [0, 0.1) is 16.6 Å². The van der Waals surface area contributed by atoms with Crippen LogP contribution in [0.2, 0.25) is 0 Å². The average Bonchev–Trinajstić information content (AvgIpc) is 3.19. The predicted octanol–water partition coefficient (Wildman–Crippen LogP) is 5.97. The number of rotatable bonds is 7. The van der Waals surface area contributed by atoms with Crippen LogP contribution in [0.3, 0.4) is 0 Å². The number of hydrogen-bond acceptors (Lipinski definition) is 7. The Morgan fingerprint density at radius 1 is 1.26 bits per heavy atom. The molecule has 1 aliphatic heterocycles. The zero-order valence-electron chi connectivity index (χ0n) is 21.7. The number of hydrogen-bond donors (Lipinski definition) is 3. The van der Waals surface area contributed by atoms with Gasteiger partial charge in [-0.1, -0.05) is 24.0 Å². The monoisotopic (exact) mass is 582 g/mol. The summed E-state index contributed by atoms with van der Waals surface area (Å²) in [6, 6.07) is 9.37. The van der Waals surface area contributed by atoms with Gasteiger partial charge >= 0.3 is 6.18 Å². The maximum Gasteiger partial charge on any atom is 0.393 e. The van der Waals surface area contributed by atoms with E-state index in [2.05, 4.69) is 22.5 Å². The molecular weight excluding hydrogens is 552 g/mol. The number of nitrogens with one attached hydrogen (secondary N) is 3. The Kier molecular flexibility index (Phi) is 8.63. The van der Waals surface area contributed by atoms with Crippen molar-refractivity contribution in [1.82, 2.24) is 4.90 Å². The van der Waals surface area contributed by atoms with Crippen molar-refractivity contribution in [3.8, 4) is 17.6 Å². The number of fused-ring (bicyclic) bond motifs is 1. The molecule has 3 atom stereocenters. The number of methoxy groups -OCH3 is 1. The number of thiophene rings is 1. The van der Waals surface area contributed by atoms with Crippen LogP contribution in [0.15, 0.2) is 41.3 Å². The van der Waals surface area contributed by atoms with Gasteiger partial charge in [0.2, 0.25) is 0 Å². The van der Waals surface area contributed by atoms with Gasteiger partial charge in [-0.3, -0.25) is 0 Å². The molecule has 0 bridgehead atoms. The minimum absolute atomic E-state index is 0.105. The number of piperidine rings is 1. The number of halogens is 4. The van der Waals surface area contributed by atoms with E-state index in [9.17, 15) is 21.8 Å². The van der Waals surface area contributed by atoms with Gasteiger partial charge in [-0.25, -0.2) is 13.4 Å². The number of nitrogens with zero attached hydrogens (tertiary/aromatic N) is 1. The summed E-state index contributed by atoms with van der Waals surface area (Å²) in [5.74, 6) is 6.17. The smallest absolute Gasteiger partial charge is 0.393 e. The van der Waals surface area contributed by atoms with Crippen LogP contribution >= 0.6 is 11.3 Å². The molecule has 1 saturated heterocycles. The molecule has 0 amide bonds. The van der Waals surface area contributed by atoms with E-state index in [1.807, 2.05) is 11.9 Å². The maximum absolute atomic E-state index is 14.7. The summed E-state index contributed by atoms with van der Waals surface area (Å²) >= 11 is 1.17. The van der Waals surface area contributed by atoms with Crippen LogP contribution < -0.4 is 15.4 Å². The van der Waals surface area contributed by atoms with Gasteiger partial charge in [-0.15, -0.1) is 11.3 Å². The van der Waals surface area contributed by atoms with Crippen molar-refractivity contribution in [3.05, 3.63) is 46.8 Å². The van der Waals surface area contributed by atoms with Gasteiger partial charge in [0.05, 0.1) is 61.7 Å². The summed E-state index contributed by atoms with van der Waals surface area (Å²) in [4.78, 5) is 2.54. The molecule has 1 fully saturated rings. The Bertz CT molecular complexity index is 1510. The lowest BCUT2D eigenvalue weighted by Crippen LogP contribution is -2.46. The molecule has 2 aromatic carbocycles. The first kappa shape index (κ1) is 29.0. The molecule has 210 valence electrons. The standard InChI is InChI=1S/C27H30F4N4O2S2/c1-35-13-11-21(20(28)16-35)34-23-7-4-6-18-19(15-27(29,30)31)25(38-26(18)23)8-5-12-33-22-10-9-17(39(3,32)36)14-24(22)37-2/h4,6-7,9-10,14,20-21,32-34H,11-13,15-16H2,1-3H3/t20-,21-,39+/m1/s1. The first-order valence-corrected chi connectivity index (χ1v) is 15.0. The van der Waals surface area contributed by atoms with E-state index in [0.717, 1.165) is 6.54 Å². The highest BCUT2D eigenvalue weighted by Gasteiger charge is 2.32. The van der Waals surface area contributed by atoms with Crippen molar-refractivity contribution in [2.45, 2.75) is 36.1 Å². The molecule has 0 saturated carbocycles. The molecular formula is C27H30F4N4O2S2. The SMILES string of the molecule is COc1cc([S@@](C)(=N)=O)ccc1NCC#Cc1sc2c(N[C@@H]3CCN(C)C[C@H]3F)cccc2c1CC(F)(F)F. The number of alkyl halides is 4. The Labute approximate surface area is 229 Å². The van der Waals surface area contributed by atoms with E-state index < -0.39 is 34.5 Å². The molecule has 12 heteroatoms. The lowest BCUT2D eigenvalue weighted by atomic mass is 10.0. The summed E-state index contributed by atoms with van der Waals surface area (Å²) in [5, 5.41) is 6.75. The van der Waals surface area contributed by atoms with Crippen LogP contribution in [0.25, 0.3) is 10.1 Å². The number of benzene rings is 2. The van der Waals surface area contributed by atoms with Crippen molar-refractivity contribution in [1.29, 1.82) is 4.78 Å². The van der Waals surface area contributed by atoms with Crippen molar-refractivity contribution in [3.63, 3.8) is 0 Å². The average molecular weight is 583 g/mol. The minimum atomic E-state index is -4.42. The summed E-state index contributed by atoms with van der Waals surface area (Å²) in [6.07, 6.45) is -4.72. The van der Waals surface area contributed by atoms with Gasteiger partial charge in [0.1, 0.15) is 11.9 Å². The molecule has 0 spiro atoms. The molecule has 0 unspecified atom stereocenters. The second kappa shape index (κ2) is 11.6. The number of likely N-dealkylation sites (tertiary alicyclic amines) is 1. The van der Waals surface area contributed by atoms with Gasteiger partial charge in [0.15, 0.2) is 0 Å². The highest BCUT2D eigenvalue weighted by molar-refractivity contribution is 7.91. The third kappa shape index (κ3) is 7.15. The van der Waals surface area contributed by atoms with Crippen molar-refractivity contribution >= 4 is 42.5 Å². The lowest BCUT2D eigenvalue weighted by Gasteiger charge is -2.33. The van der Waals surface area contributed by atoms with E-state index >= 15 is 0 Å². The molecule has 6 nitrogen and oxygen atoms in total. The molecule has 3 N–H and O–H groups in total. The summed E-state index contributed by atoms with van der Waals surface area (Å²) in [6.45, 7) is 1.15. The molecule has 1 aromatic heterocycles. The van der Waals surface area contributed by atoms with Crippen molar-refractivity contribution < 1.29 is 26.5 Å².